The summed E-state index contributed by atoms with van der Waals surface area (Å²) in [6.45, 7) is 7.04. The Balaban J connectivity index is 1.66. The van der Waals surface area contributed by atoms with Crippen molar-refractivity contribution >= 4 is 11.6 Å². The van der Waals surface area contributed by atoms with Crippen LogP contribution >= 0.6 is 0 Å². The number of hydrogen-bond acceptors (Lipinski definition) is 3. The Morgan fingerprint density at radius 3 is 2.86 bits per heavy atom. The zero-order valence-electron chi connectivity index (χ0n) is 13.0. The lowest BCUT2D eigenvalue weighted by Crippen LogP contribution is -2.37. The van der Waals surface area contributed by atoms with E-state index in [-0.39, 0.29) is 5.91 Å². The van der Waals surface area contributed by atoms with Gasteiger partial charge in [-0.25, -0.2) is 0 Å². The van der Waals surface area contributed by atoms with Crippen LogP contribution in [-0.2, 0) is 0 Å². The molecule has 1 aliphatic heterocycles. The molecule has 114 valence electrons. The average Bonchev–Trinajstić information content (AvgIpc) is 3.22. The standard InChI is InChI=1S/C17H25N3O/c1-3-18-16-7-4-12(2)10-15(16)17(21)19-13-8-9-20(11-13)14-5-6-14/h4,7,10,13-14,18H,3,5-6,8-9,11H2,1-2H3,(H,19,21). The summed E-state index contributed by atoms with van der Waals surface area (Å²) in [5, 5.41) is 6.49. The van der Waals surface area contributed by atoms with E-state index in [1.165, 1.54) is 12.8 Å². The van der Waals surface area contributed by atoms with Crippen molar-refractivity contribution in [1.82, 2.24) is 10.2 Å². The molecule has 1 unspecified atom stereocenters. The molecular formula is C17H25N3O. The maximum Gasteiger partial charge on any atom is 0.253 e. The van der Waals surface area contributed by atoms with E-state index < -0.39 is 0 Å². The molecular weight excluding hydrogens is 262 g/mol. The molecule has 21 heavy (non-hydrogen) atoms. The van der Waals surface area contributed by atoms with E-state index in [0.29, 0.717) is 6.04 Å². The summed E-state index contributed by atoms with van der Waals surface area (Å²) in [5.41, 5.74) is 2.81. The minimum Gasteiger partial charge on any atom is -0.385 e. The quantitative estimate of drug-likeness (QED) is 0.874. The normalized spacial score (nSPS) is 22.3. The van der Waals surface area contributed by atoms with Crippen LogP contribution in [0.15, 0.2) is 18.2 Å². The number of carbonyl (C=O) groups excluding carboxylic acids is 1. The van der Waals surface area contributed by atoms with Crippen molar-refractivity contribution in [1.29, 1.82) is 0 Å². The van der Waals surface area contributed by atoms with Gasteiger partial charge >= 0.3 is 0 Å². The summed E-state index contributed by atoms with van der Waals surface area (Å²) in [4.78, 5) is 15.1. The molecule has 1 saturated carbocycles. The first-order valence-corrected chi connectivity index (χ1v) is 8.07. The molecule has 1 atom stereocenters. The Kier molecular flexibility index (Phi) is 4.15. The molecule has 1 aliphatic carbocycles. The number of rotatable bonds is 5. The van der Waals surface area contributed by atoms with Gasteiger partial charge in [0.2, 0.25) is 0 Å². The van der Waals surface area contributed by atoms with E-state index in [2.05, 4.69) is 15.5 Å². The number of aryl methyl sites for hydroxylation is 1. The summed E-state index contributed by atoms with van der Waals surface area (Å²) in [6.07, 6.45) is 3.75. The Labute approximate surface area is 126 Å². The lowest BCUT2D eigenvalue weighted by atomic mass is 10.1. The summed E-state index contributed by atoms with van der Waals surface area (Å²) in [6, 6.07) is 7.11. The van der Waals surface area contributed by atoms with Crippen molar-refractivity contribution in [2.75, 3.05) is 25.0 Å². The van der Waals surface area contributed by atoms with Crippen molar-refractivity contribution < 1.29 is 4.79 Å². The van der Waals surface area contributed by atoms with Crippen LogP contribution in [0.1, 0.15) is 42.1 Å². The summed E-state index contributed by atoms with van der Waals surface area (Å²) in [7, 11) is 0. The molecule has 4 heteroatoms. The Morgan fingerprint density at radius 1 is 1.33 bits per heavy atom. The number of nitrogens with zero attached hydrogens (tertiary/aromatic N) is 1. The SMILES string of the molecule is CCNc1ccc(C)cc1C(=O)NC1CCN(C2CC2)C1. The Hall–Kier alpha value is -1.55. The maximum atomic E-state index is 12.6. The second kappa shape index (κ2) is 6.06. The topological polar surface area (TPSA) is 44.4 Å². The predicted octanol–water partition coefficient (Wildman–Crippen LogP) is 2.39. The fraction of sp³-hybridized carbons (Fsp3) is 0.588. The molecule has 1 saturated heterocycles. The highest BCUT2D eigenvalue weighted by Gasteiger charge is 2.34. The molecule has 1 aromatic rings. The molecule has 2 fully saturated rings. The second-order valence-electron chi connectivity index (χ2n) is 6.26. The van der Waals surface area contributed by atoms with Crippen molar-refractivity contribution in [2.45, 2.75) is 45.2 Å². The number of anilines is 1. The molecule has 2 aliphatic rings. The van der Waals surface area contributed by atoms with Crippen molar-refractivity contribution in [3.8, 4) is 0 Å². The smallest absolute Gasteiger partial charge is 0.253 e. The largest absolute Gasteiger partial charge is 0.385 e. The van der Waals surface area contributed by atoms with E-state index in [4.69, 9.17) is 0 Å². The molecule has 1 amide bonds. The van der Waals surface area contributed by atoms with Gasteiger partial charge in [0.25, 0.3) is 5.91 Å². The van der Waals surface area contributed by atoms with Crippen molar-refractivity contribution in [2.24, 2.45) is 0 Å². The average molecular weight is 287 g/mol. The first kappa shape index (κ1) is 14.4. The third-order valence-electron chi connectivity index (χ3n) is 4.41. The lowest BCUT2D eigenvalue weighted by Gasteiger charge is -2.17. The second-order valence-corrected chi connectivity index (χ2v) is 6.26. The molecule has 0 bridgehead atoms. The Morgan fingerprint density at radius 2 is 2.14 bits per heavy atom. The third kappa shape index (κ3) is 3.38. The molecule has 2 N–H and O–H groups in total. The van der Waals surface area contributed by atoms with Gasteiger partial charge in [-0.3, -0.25) is 9.69 Å². The van der Waals surface area contributed by atoms with Crippen LogP contribution < -0.4 is 10.6 Å². The highest BCUT2D eigenvalue weighted by Crippen LogP contribution is 2.30. The molecule has 0 radical (unpaired) electrons. The summed E-state index contributed by atoms with van der Waals surface area (Å²) in [5.74, 6) is 0.0531. The predicted molar refractivity (Wildman–Crippen MR) is 85.8 cm³/mol. The van der Waals surface area contributed by atoms with Gasteiger partial charge in [0.15, 0.2) is 0 Å². The van der Waals surface area contributed by atoms with Gasteiger partial charge in [-0.15, -0.1) is 0 Å². The van der Waals surface area contributed by atoms with E-state index in [1.54, 1.807) is 0 Å². The maximum absolute atomic E-state index is 12.6. The number of hydrogen-bond donors (Lipinski definition) is 2. The van der Waals surface area contributed by atoms with Gasteiger partial charge in [0.1, 0.15) is 0 Å². The zero-order valence-corrected chi connectivity index (χ0v) is 13.0. The van der Waals surface area contributed by atoms with E-state index in [9.17, 15) is 4.79 Å². The minimum absolute atomic E-state index is 0.0531. The summed E-state index contributed by atoms with van der Waals surface area (Å²) < 4.78 is 0. The monoisotopic (exact) mass is 287 g/mol. The third-order valence-corrected chi connectivity index (χ3v) is 4.41. The van der Waals surface area contributed by atoms with Gasteiger partial charge < -0.3 is 10.6 Å². The molecule has 1 heterocycles. The van der Waals surface area contributed by atoms with Gasteiger partial charge in [0, 0.05) is 37.4 Å². The van der Waals surface area contributed by atoms with Gasteiger partial charge in [-0.1, -0.05) is 11.6 Å². The number of benzene rings is 1. The van der Waals surface area contributed by atoms with E-state index >= 15 is 0 Å². The highest BCUT2D eigenvalue weighted by molar-refractivity contribution is 6.00. The molecule has 1 aromatic carbocycles. The summed E-state index contributed by atoms with van der Waals surface area (Å²) >= 11 is 0. The first-order valence-electron chi connectivity index (χ1n) is 8.07. The number of carbonyl (C=O) groups is 1. The van der Waals surface area contributed by atoms with Crippen LogP contribution in [0.3, 0.4) is 0 Å². The number of amides is 1. The van der Waals surface area contributed by atoms with E-state index in [1.807, 2.05) is 32.0 Å². The van der Waals surface area contributed by atoms with Crippen molar-refractivity contribution in [3.05, 3.63) is 29.3 Å². The Bertz CT molecular complexity index is 525. The van der Waals surface area contributed by atoms with Crippen LogP contribution in [-0.4, -0.2) is 42.5 Å². The molecule has 4 nitrogen and oxygen atoms in total. The van der Waals surface area contributed by atoms with Crippen LogP contribution in [0.4, 0.5) is 5.69 Å². The minimum atomic E-state index is 0.0531. The highest BCUT2D eigenvalue weighted by atomic mass is 16.1. The fourth-order valence-electron chi connectivity index (χ4n) is 3.13. The van der Waals surface area contributed by atoms with Gasteiger partial charge in [0.05, 0.1) is 5.56 Å². The van der Waals surface area contributed by atoms with Gasteiger partial charge in [-0.05, 0) is 45.2 Å². The van der Waals surface area contributed by atoms with E-state index in [0.717, 1.165) is 48.9 Å². The zero-order chi connectivity index (χ0) is 14.8. The molecule has 3 rings (SSSR count). The molecule has 0 spiro atoms. The number of likely N-dealkylation sites (tertiary alicyclic amines) is 1. The lowest BCUT2D eigenvalue weighted by molar-refractivity contribution is 0.0938. The van der Waals surface area contributed by atoms with Crippen LogP contribution in [0.2, 0.25) is 0 Å². The fourth-order valence-corrected chi connectivity index (χ4v) is 3.13. The van der Waals surface area contributed by atoms with Crippen LogP contribution in [0.5, 0.6) is 0 Å². The van der Waals surface area contributed by atoms with Crippen molar-refractivity contribution in [3.63, 3.8) is 0 Å². The van der Waals surface area contributed by atoms with Crippen LogP contribution in [0.25, 0.3) is 0 Å². The number of nitrogens with one attached hydrogen (secondary N) is 2. The first-order chi connectivity index (χ1) is 10.2. The molecule has 0 aromatic heterocycles. The van der Waals surface area contributed by atoms with Gasteiger partial charge in [-0.2, -0.15) is 0 Å². The van der Waals surface area contributed by atoms with Crippen LogP contribution in [0, 0.1) is 6.92 Å².